The van der Waals surface area contributed by atoms with Gasteiger partial charge in [-0.05, 0) is 59.7 Å². The number of hydrogen-bond donors (Lipinski definition) is 1. The Hall–Kier alpha value is -0.280. The van der Waals surface area contributed by atoms with Gasteiger partial charge in [0.2, 0.25) is 0 Å². The molecule has 1 fully saturated rings. The molecule has 94 valence electrons. The smallest absolute Gasteiger partial charge is 0.128 e. The number of hydrogen-bond acceptors (Lipinski definition) is 2. The van der Waals surface area contributed by atoms with E-state index in [1.54, 1.807) is 0 Å². The SMILES string of the molecule is Cc1cc(Br)cnc1NCC1CCCC(Cl)C1. The minimum atomic E-state index is 0.370. The summed E-state index contributed by atoms with van der Waals surface area (Å²) in [5.74, 6) is 1.68. The van der Waals surface area contributed by atoms with Crippen LogP contribution in [0.4, 0.5) is 5.82 Å². The van der Waals surface area contributed by atoms with E-state index in [2.05, 4.69) is 39.2 Å². The molecule has 0 aliphatic heterocycles. The van der Waals surface area contributed by atoms with E-state index in [0.717, 1.165) is 23.3 Å². The lowest BCUT2D eigenvalue weighted by Gasteiger charge is -2.25. The van der Waals surface area contributed by atoms with E-state index >= 15 is 0 Å². The highest BCUT2D eigenvalue weighted by atomic mass is 79.9. The van der Waals surface area contributed by atoms with Crippen LogP contribution in [-0.2, 0) is 0 Å². The Morgan fingerprint density at radius 3 is 3.06 bits per heavy atom. The fraction of sp³-hybridized carbons (Fsp3) is 0.615. The lowest BCUT2D eigenvalue weighted by atomic mass is 9.89. The molecule has 0 amide bonds. The molecule has 0 aromatic carbocycles. The fourth-order valence-corrected chi connectivity index (χ4v) is 3.23. The molecule has 1 aromatic rings. The van der Waals surface area contributed by atoms with Crippen LogP contribution in [0.3, 0.4) is 0 Å². The van der Waals surface area contributed by atoms with Crippen LogP contribution >= 0.6 is 27.5 Å². The van der Waals surface area contributed by atoms with Crippen molar-refractivity contribution in [2.24, 2.45) is 5.92 Å². The summed E-state index contributed by atoms with van der Waals surface area (Å²) in [6.07, 6.45) is 6.68. The minimum absolute atomic E-state index is 0.370. The summed E-state index contributed by atoms with van der Waals surface area (Å²) in [6.45, 7) is 3.06. The lowest BCUT2D eigenvalue weighted by molar-refractivity contribution is 0.378. The number of anilines is 1. The molecule has 2 nitrogen and oxygen atoms in total. The second-order valence-electron chi connectivity index (χ2n) is 4.83. The van der Waals surface area contributed by atoms with Gasteiger partial charge in [0.15, 0.2) is 0 Å². The van der Waals surface area contributed by atoms with Crippen molar-refractivity contribution >= 4 is 33.3 Å². The molecule has 1 aliphatic carbocycles. The first kappa shape index (κ1) is 13.2. The molecule has 1 aromatic heterocycles. The topological polar surface area (TPSA) is 24.9 Å². The highest BCUT2D eigenvalue weighted by molar-refractivity contribution is 9.10. The van der Waals surface area contributed by atoms with E-state index in [0.29, 0.717) is 11.3 Å². The molecule has 0 radical (unpaired) electrons. The standard InChI is InChI=1S/C13H18BrClN2/c1-9-5-11(14)8-17-13(9)16-7-10-3-2-4-12(15)6-10/h5,8,10,12H,2-4,6-7H2,1H3,(H,16,17). The molecule has 17 heavy (non-hydrogen) atoms. The maximum atomic E-state index is 6.20. The van der Waals surface area contributed by atoms with E-state index in [-0.39, 0.29) is 0 Å². The molecule has 2 rings (SSSR count). The van der Waals surface area contributed by atoms with Gasteiger partial charge < -0.3 is 5.32 Å². The van der Waals surface area contributed by atoms with Gasteiger partial charge in [-0.1, -0.05) is 6.42 Å². The number of nitrogens with zero attached hydrogens (tertiary/aromatic N) is 1. The number of aryl methyl sites for hydroxylation is 1. The monoisotopic (exact) mass is 316 g/mol. The van der Waals surface area contributed by atoms with Gasteiger partial charge in [-0.3, -0.25) is 0 Å². The summed E-state index contributed by atoms with van der Waals surface area (Å²) in [5, 5.41) is 3.81. The van der Waals surface area contributed by atoms with Crippen LogP contribution in [0.15, 0.2) is 16.7 Å². The van der Waals surface area contributed by atoms with Crippen LogP contribution in [-0.4, -0.2) is 16.9 Å². The van der Waals surface area contributed by atoms with Crippen molar-refractivity contribution in [1.29, 1.82) is 0 Å². The van der Waals surface area contributed by atoms with E-state index in [1.807, 2.05) is 6.20 Å². The Morgan fingerprint density at radius 1 is 1.53 bits per heavy atom. The fourth-order valence-electron chi connectivity index (χ4n) is 2.38. The Kier molecular flexibility index (Phi) is 4.69. The normalized spacial score (nSPS) is 24.6. The molecule has 1 aliphatic rings. The quantitative estimate of drug-likeness (QED) is 0.838. The van der Waals surface area contributed by atoms with Crippen LogP contribution in [0.25, 0.3) is 0 Å². The van der Waals surface area contributed by atoms with Crippen LogP contribution in [0, 0.1) is 12.8 Å². The van der Waals surface area contributed by atoms with Crippen molar-refractivity contribution < 1.29 is 0 Å². The maximum absolute atomic E-state index is 6.20. The summed E-state index contributed by atoms with van der Waals surface area (Å²) in [6, 6.07) is 2.08. The van der Waals surface area contributed by atoms with E-state index < -0.39 is 0 Å². The number of rotatable bonds is 3. The molecule has 1 saturated carbocycles. The van der Waals surface area contributed by atoms with Gasteiger partial charge in [-0.15, -0.1) is 11.6 Å². The first-order valence-corrected chi connectivity index (χ1v) is 7.38. The van der Waals surface area contributed by atoms with Crippen molar-refractivity contribution in [1.82, 2.24) is 4.98 Å². The molecule has 4 heteroatoms. The molecular formula is C13H18BrClN2. The summed E-state index contributed by atoms with van der Waals surface area (Å²) >= 11 is 9.62. The zero-order valence-electron chi connectivity index (χ0n) is 10.0. The first-order chi connectivity index (χ1) is 8.15. The van der Waals surface area contributed by atoms with Gasteiger partial charge in [-0.2, -0.15) is 0 Å². The van der Waals surface area contributed by atoms with Crippen molar-refractivity contribution in [3.05, 3.63) is 22.3 Å². The maximum Gasteiger partial charge on any atom is 0.128 e. The minimum Gasteiger partial charge on any atom is -0.370 e. The molecular weight excluding hydrogens is 300 g/mol. The van der Waals surface area contributed by atoms with Gasteiger partial charge >= 0.3 is 0 Å². The summed E-state index contributed by atoms with van der Waals surface area (Å²) in [7, 11) is 0. The molecule has 1 heterocycles. The Bertz CT molecular complexity index is 384. The van der Waals surface area contributed by atoms with Crippen molar-refractivity contribution in [2.45, 2.75) is 38.0 Å². The van der Waals surface area contributed by atoms with E-state index in [1.165, 1.54) is 24.8 Å². The molecule has 0 spiro atoms. The summed E-state index contributed by atoms with van der Waals surface area (Å²) in [4.78, 5) is 4.39. The van der Waals surface area contributed by atoms with Crippen molar-refractivity contribution in [3.8, 4) is 0 Å². The average Bonchev–Trinajstić information content (AvgIpc) is 2.28. The number of nitrogens with one attached hydrogen (secondary N) is 1. The highest BCUT2D eigenvalue weighted by Crippen LogP contribution is 2.28. The largest absolute Gasteiger partial charge is 0.370 e. The highest BCUT2D eigenvalue weighted by Gasteiger charge is 2.20. The molecule has 0 saturated heterocycles. The summed E-state index contributed by atoms with van der Waals surface area (Å²) in [5.41, 5.74) is 1.18. The van der Waals surface area contributed by atoms with Gasteiger partial charge in [-0.25, -0.2) is 4.98 Å². The molecule has 0 bridgehead atoms. The van der Waals surface area contributed by atoms with E-state index in [9.17, 15) is 0 Å². The third kappa shape index (κ3) is 3.85. The molecule has 1 N–H and O–H groups in total. The Morgan fingerprint density at radius 2 is 2.35 bits per heavy atom. The Labute approximate surface area is 116 Å². The molecule has 2 atom stereocenters. The van der Waals surface area contributed by atoms with Crippen molar-refractivity contribution in [3.63, 3.8) is 0 Å². The number of alkyl halides is 1. The lowest BCUT2D eigenvalue weighted by Crippen LogP contribution is -2.23. The van der Waals surface area contributed by atoms with Crippen LogP contribution < -0.4 is 5.32 Å². The number of aromatic nitrogens is 1. The molecule has 2 unspecified atom stereocenters. The van der Waals surface area contributed by atoms with E-state index in [4.69, 9.17) is 11.6 Å². The predicted molar refractivity (Wildman–Crippen MR) is 76.8 cm³/mol. The van der Waals surface area contributed by atoms with Gasteiger partial charge in [0.25, 0.3) is 0 Å². The average molecular weight is 318 g/mol. The second kappa shape index (κ2) is 6.05. The van der Waals surface area contributed by atoms with Gasteiger partial charge in [0, 0.05) is 22.6 Å². The number of pyridine rings is 1. The predicted octanol–water partition coefficient (Wildman–Crippen LogP) is 4.36. The zero-order chi connectivity index (χ0) is 12.3. The van der Waals surface area contributed by atoms with Gasteiger partial charge in [0.05, 0.1) is 0 Å². The Balaban J connectivity index is 1.88. The van der Waals surface area contributed by atoms with Crippen LogP contribution in [0.2, 0.25) is 0 Å². The van der Waals surface area contributed by atoms with Crippen molar-refractivity contribution in [2.75, 3.05) is 11.9 Å². The summed E-state index contributed by atoms with van der Waals surface area (Å²) < 4.78 is 1.03. The second-order valence-corrected chi connectivity index (χ2v) is 6.36. The first-order valence-electron chi connectivity index (χ1n) is 6.15. The van der Waals surface area contributed by atoms with Gasteiger partial charge in [0.1, 0.15) is 5.82 Å². The number of halogens is 2. The third-order valence-electron chi connectivity index (χ3n) is 3.32. The zero-order valence-corrected chi connectivity index (χ0v) is 12.4. The third-order valence-corrected chi connectivity index (χ3v) is 4.15. The van der Waals surface area contributed by atoms with Crippen LogP contribution in [0.5, 0.6) is 0 Å². The van der Waals surface area contributed by atoms with Crippen LogP contribution in [0.1, 0.15) is 31.2 Å².